The molecular weight excluding hydrogens is 352 g/mol. The van der Waals surface area contributed by atoms with Crippen LogP contribution in [0.2, 0.25) is 0 Å². The topological polar surface area (TPSA) is 84.7 Å². The first-order valence-electron chi connectivity index (χ1n) is 9.59. The van der Waals surface area contributed by atoms with Gasteiger partial charge in [-0.25, -0.2) is 9.97 Å². The Bertz CT molecular complexity index is 973. The van der Waals surface area contributed by atoms with Gasteiger partial charge in [-0.3, -0.25) is 9.48 Å². The molecule has 0 atom stereocenters. The highest BCUT2D eigenvalue weighted by molar-refractivity contribution is 5.94. The van der Waals surface area contributed by atoms with E-state index in [4.69, 9.17) is 0 Å². The summed E-state index contributed by atoms with van der Waals surface area (Å²) in [5.41, 5.74) is 4.27. The Kier molecular flexibility index (Phi) is 5.06. The molecule has 2 N–H and O–H groups in total. The lowest BCUT2D eigenvalue weighted by atomic mass is 10.1. The van der Waals surface area contributed by atoms with E-state index in [1.54, 1.807) is 17.1 Å². The molecule has 0 aliphatic heterocycles. The van der Waals surface area contributed by atoms with Crippen LogP contribution in [0.25, 0.3) is 11.3 Å². The lowest BCUT2D eigenvalue weighted by Gasteiger charge is -2.12. The number of nitrogens with zero attached hydrogens (tertiary/aromatic N) is 4. The van der Waals surface area contributed by atoms with Gasteiger partial charge in [0.25, 0.3) is 5.91 Å². The van der Waals surface area contributed by atoms with Crippen molar-refractivity contribution in [1.29, 1.82) is 0 Å². The van der Waals surface area contributed by atoms with Crippen molar-refractivity contribution in [2.24, 2.45) is 7.05 Å². The minimum atomic E-state index is -0.00297. The fourth-order valence-corrected chi connectivity index (χ4v) is 3.53. The normalized spacial score (nSPS) is 14.2. The summed E-state index contributed by atoms with van der Waals surface area (Å²) in [6.45, 7) is 1.98. The van der Waals surface area contributed by atoms with E-state index in [-0.39, 0.29) is 5.91 Å². The standard InChI is InChI=1S/C21H24N6O/c1-14-11-22-21(25-18-12-23-27(2)13-18)26-19(14)15-7-9-16(10-8-15)20(28)24-17-5-3-4-6-17/h7-13,17H,3-6H2,1-2H3,(H,24,28)(H,22,25,26). The number of carbonyl (C=O) groups excluding carboxylic acids is 1. The van der Waals surface area contributed by atoms with Gasteiger partial charge in [0, 0.05) is 36.6 Å². The van der Waals surface area contributed by atoms with Crippen molar-refractivity contribution >= 4 is 17.5 Å². The summed E-state index contributed by atoms with van der Waals surface area (Å²) in [6, 6.07) is 7.90. The molecule has 0 spiro atoms. The van der Waals surface area contributed by atoms with Crippen LogP contribution >= 0.6 is 0 Å². The van der Waals surface area contributed by atoms with Crippen LogP contribution in [0.4, 0.5) is 11.6 Å². The van der Waals surface area contributed by atoms with Crippen LogP contribution in [0.3, 0.4) is 0 Å². The second-order valence-electron chi connectivity index (χ2n) is 7.29. The van der Waals surface area contributed by atoms with Crippen LogP contribution in [0.1, 0.15) is 41.6 Å². The molecule has 1 fully saturated rings. The lowest BCUT2D eigenvalue weighted by molar-refractivity contribution is 0.0938. The minimum absolute atomic E-state index is 0.00297. The van der Waals surface area contributed by atoms with Crippen LogP contribution in [0.15, 0.2) is 42.9 Å². The summed E-state index contributed by atoms with van der Waals surface area (Å²) < 4.78 is 1.72. The summed E-state index contributed by atoms with van der Waals surface area (Å²) in [6.07, 6.45) is 9.94. The molecule has 7 heteroatoms. The molecule has 4 rings (SSSR count). The van der Waals surface area contributed by atoms with Gasteiger partial charge in [-0.1, -0.05) is 25.0 Å². The number of nitrogens with one attached hydrogen (secondary N) is 2. The Morgan fingerprint density at radius 2 is 1.89 bits per heavy atom. The first kappa shape index (κ1) is 18.2. The largest absolute Gasteiger partial charge is 0.349 e. The highest BCUT2D eigenvalue weighted by Gasteiger charge is 2.18. The molecular formula is C21H24N6O. The molecule has 2 aromatic heterocycles. The maximum Gasteiger partial charge on any atom is 0.251 e. The molecule has 0 radical (unpaired) electrons. The van der Waals surface area contributed by atoms with E-state index in [0.29, 0.717) is 17.6 Å². The fourth-order valence-electron chi connectivity index (χ4n) is 3.53. The molecule has 2 heterocycles. The quantitative estimate of drug-likeness (QED) is 0.711. The summed E-state index contributed by atoms with van der Waals surface area (Å²) >= 11 is 0. The Hall–Kier alpha value is -3.22. The highest BCUT2D eigenvalue weighted by atomic mass is 16.1. The average molecular weight is 376 g/mol. The molecule has 7 nitrogen and oxygen atoms in total. The number of aryl methyl sites for hydroxylation is 2. The number of hydrogen-bond acceptors (Lipinski definition) is 5. The van der Waals surface area contributed by atoms with Crippen LogP contribution < -0.4 is 10.6 Å². The summed E-state index contributed by atoms with van der Waals surface area (Å²) in [4.78, 5) is 21.4. The van der Waals surface area contributed by atoms with Gasteiger partial charge < -0.3 is 10.6 Å². The van der Waals surface area contributed by atoms with Crippen LogP contribution in [-0.4, -0.2) is 31.7 Å². The van der Waals surface area contributed by atoms with Crippen LogP contribution in [0, 0.1) is 6.92 Å². The molecule has 1 aromatic carbocycles. The second kappa shape index (κ2) is 7.80. The van der Waals surface area contributed by atoms with Gasteiger partial charge in [-0.15, -0.1) is 0 Å². The lowest BCUT2D eigenvalue weighted by Crippen LogP contribution is -2.32. The van der Waals surface area contributed by atoms with Gasteiger partial charge in [0.05, 0.1) is 17.6 Å². The van der Waals surface area contributed by atoms with E-state index in [1.165, 1.54) is 12.8 Å². The van der Waals surface area contributed by atoms with Crippen LogP contribution in [-0.2, 0) is 7.05 Å². The molecule has 1 saturated carbocycles. The monoisotopic (exact) mass is 376 g/mol. The van der Waals surface area contributed by atoms with Crippen molar-refractivity contribution in [3.05, 3.63) is 54.0 Å². The zero-order chi connectivity index (χ0) is 19.5. The predicted octanol–water partition coefficient (Wildman–Crippen LogP) is 3.60. The van der Waals surface area contributed by atoms with Gasteiger partial charge in [-0.05, 0) is 37.5 Å². The molecule has 0 saturated heterocycles. The van der Waals surface area contributed by atoms with E-state index in [2.05, 4.69) is 25.7 Å². The van der Waals surface area contributed by atoms with Crippen molar-refractivity contribution < 1.29 is 4.79 Å². The van der Waals surface area contributed by atoms with Crippen molar-refractivity contribution in [1.82, 2.24) is 25.1 Å². The number of rotatable bonds is 5. The van der Waals surface area contributed by atoms with E-state index in [0.717, 1.165) is 35.3 Å². The Morgan fingerprint density at radius 3 is 2.57 bits per heavy atom. The fraction of sp³-hybridized carbons (Fsp3) is 0.333. The molecule has 1 amide bonds. The predicted molar refractivity (Wildman–Crippen MR) is 108 cm³/mol. The van der Waals surface area contributed by atoms with Gasteiger partial charge >= 0.3 is 0 Å². The number of aromatic nitrogens is 4. The second-order valence-corrected chi connectivity index (χ2v) is 7.29. The molecule has 0 unspecified atom stereocenters. The third kappa shape index (κ3) is 4.03. The first-order chi connectivity index (χ1) is 13.6. The van der Waals surface area contributed by atoms with Gasteiger partial charge in [0.15, 0.2) is 0 Å². The third-order valence-corrected chi connectivity index (χ3v) is 5.04. The smallest absolute Gasteiger partial charge is 0.251 e. The first-order valence-corrected chi connectivity index (χ1v) is 9.59. The third-order valence-electron chi connectivity index (χ3n) is 5.04. The Balaban J connectivity index is 1.51. The maximum absolute atomic E-state index is 12.4. The van der Waals surface area contributed by atoms with Crippen molar-refractivity contribution in [2.75, 3.05) is 5.32 Å². The summed E-state index contributed by atoms with van der Waals surface area (Å²) in [5, 5.41) is 10.4. The van der Waals surface area contributed by atoms with Gasteiger partial charge in [-0.2, -0.15) is 5.10 Å². The maximum atomic E-state index is 12.4. The van der Waals surface area contributed by atoms with E-state index < -0.39 is 0 Å². The number of carbonyl (C=O) groups is 1. The molecule has 144 valence electrons. The molecule has 28 heavy (non-hydrogen) atoms. The van der Waals surface area contributed by atoms with Gasteiger partial charge in [0.2, 0.25) is 5.95 Å². The van der Waals surface area contributed by atoms with Crippen molar-refractivity contribution in [3.63, 3.8) is 0 Å². The number of benzene rings is 1. The Labute approximate surface area is 164 Å². The highest BCUT2D eigenvalue weighted by Crippen LogP contribution is 2.24. The molecule has 1 aliphatic rings. The summed E-state index contributed by atoms with van der Waals surface area (Å²) in [5.74, 6) is 0.508. The van der Waals surface area contributed by atoms with Crippen LogP contribution in [0.5, 0.6) is 0 Å². The average Bonchev–Trinajstić information content (AvgIpc) is 3.35. The zero-order valence-corrected chi connectivity index (χ0v) is 16.1. The van der Waals surface area contributed by atoms with E-state index in [9.17, 15) is 4.79 Å². The number of amides is 1. The zero-order valence-electron chi connectivity index (χ0n) is 16.1. The minimum Gasteiger partial charge on any atom is -0.349 e. The molecule has 1 aliphatic carbocycles. The number of hydrogen-bond donors (Lipinski definition) is 2. The molecule has 3 aromatic rings. The SMILES string of the molecule is Cc1cnc(Nc2cnn(C)c2)nc1-c1ccc(C(=O)NC2CCCC2)cc1. The van der Waals surface area contributed by atoms with Gasteiger partial charge in [0.1, 0.15) is 0 Å². The van der Waals surface area contributed by atoms with Crippen molar-refractivity contribution in [3.8, 4) is 11.3 Å². The van der Waals surface area contributed by atoms with Crippen molar-refractivity contribution in [2.45, 2.75) is 38.6 Å². The number of anilines is 2. The Morgan fingerprint density at radius 1 is 1.14 bits per heavy atom. The van der Waals surface area contributed by atoms with E-state index in [1.807, 2.05) is 44.4 Å². The summed E-state index contributed by atoms with van der Waals surface area (Å²) in [7, 11) is 1.86. The van der Waals surface area contributed by atoms with E-state index >= 15 is 0 Å². The molecule has 0 bridgehead atoms.